The highest BCUT2D eigenvalue weighted by molar-refractivity contribution is 7.89. The van der Waals surface area contributed by atoms with Crippen LogP contribution in [0.15, 0.2) is 47.4 Å². The molecule has 1 saturated heterocycles. The molecule has 31 heavy (non-hydrogen) atoms. The van der Waals surface area contributed by atoms with Crippen LogP contribution in [0, 0.1) is 6.92 Å². The molecule has 1 aliphatic carbocycles. The Balaban J connectivity index is 1.17. The van der Waals surface area contributed by atoms with E-state index in [1.54, 1.807) is 6.07 Å². The van der Waals surface area contributed by atoms with Crippen molar-refractivity contribution in [2.45, 2.75) is 50.3 Å². The van der Waals surface area contributed by atoms with Crippen LogP contribution in [0.3, 0.4) is 0 Å². The van der Waals surface area contributed by atoms with Gasteiger partial charge in [-0.3, -0.25) is 4.90 Å². The number of anilines is 1. The number of unbranched alkanes of at least 4 members (excludes halogenated alkanes) is 1. The molecule has 0 atom stereocenters. The van der Waals surface area contributed by atoms with Crippen molar-refractivity contribution in [2.75, 3.05) is 44.2 Å². The summed E-state index contributed by atoms with van der Waals surface area (Å²) in [7, 11) is -3.41. The van der Waals surface area contributed by atoms with Crippen molar-refractivity contribution < 1.29 is 8.42 Å². The SMILES string of the molecule is Cc1cccc(N2CCN(CCCCNS(=O)(=O)c3ccc4c(c3)CCCC4)CC2)c1. The number of hydrogen-bond acceptors (Lipinski definition) is 4. The Labute approximate surface area is 187 Å². The molecule has 0 bridgehead atoms. The molecule has 1 fully saturated rings. The summed E-state index contributed by atoms with van der Waals surface area (Å²) in [6, 6.07) is 14.4. The van der Waals surface area contributed by atoms with Crippen LogP contribution in [-0.2, 0) is 22.9 Å². The summed E-state index contributed by atoms with van der Waals surface area (Å²) in [4.78, 5) is 5.36. The Morgan fingerprint density at radius 1 is 0.903 bits per heavy atom. The van der Waals surface area contributed by atoms with Gasteiger partial charge in [0.2, 0.25) is 10.0 Å². The van der Waals surface area contributed by atoms with Gasteiger partial charge in [-0.2, -0.15) is 0 Å². The second-order valence-electron chi connectivity index (χ2n) is 8.91. The van der Waals surface area contributed by atoms with Gasteiger partial charge in [0.15, 0.2) is 0 Å². The van der Waals surface area contributed by atoms with E-state index >= 15 is 0 Å². The first-order valence-electron chi connectivity index (χ1n) is 11.7. The minimum Gasteiger partial charge on any atom is -0.369 e. The Morgan fingerprint density at radius 2 is 1.68 bits per heavy atom. The lowest BCUT2D eigenvalue weighted by Gasteiger charge is -2.36. The van der Waals surface area contributed by atoms with Gasteiger partial charge in [0.1, 0.15) is 0 Å². The number of rotatable bonds is 8. The highest BCUT2D eigenvalue weighted by Gasteiger charge is 2.19. The van der Waals surface area contributed by atoms with E-state index in [1.807, 2.05) is 12.1 Å². The van der Waals surface area contributed by atoms with Crippen LogP contribution in [-0.4, -0.2) is 52.6 Å². The van der Waals surface area contributed by atoms with Gasteiger partial charge in [-0.05, 0) is 92.9 Å². The van der Waals surface area contributed by atoms with Crippen molar-refractivity contribution in [3.05, 3.63) is 59.2 Å². The van der Waals surface area contributed by atoms with Gasteiger partial charge in [0.05, 0.1) is 4.90 Å². The summed E-state index contributed by atoms with van der Waals surface area (Å²) in [5.74, 6) is 0. The third-order valence-electron chi connectivity index (χ3n) is 6.56. The van der Waals surface area contributed by atoms with Crippen LogP contribution in [0.2, 0.25) is 0 Å². The van der Waals surface area contributed by atoms with Crippen molar-refractivity contribution in [1.29, 1.82) is 0 Å². The second-order valence-corrected chi connectivity index (χ2v) is 10.7. The largest absolute Gasteiger partial charge is 0.369 e. The molecular weight excluding hydrogens is 406 g/mol. The van der Waals surface area contributed by atoms with Crippen LogP contribution in [0.25, 0.3) is 0 Å². The average Bonchev–Trinajstić information content (AvgIpc) is 2.79. The summed E-state index contributed by atoms with van der Waals surface area (Å²) in [6.45, 7) is 7.90. The molecule has 0 saturated carbocycles. The molecule has 0 spiro atoms. The van der Waals surface area contributed by atoms with Crippen LogP contribution < -0.4 is 9.62 Å². The minimum absolute atomic E-state index is 0.417. The standard InChI is InChI=1S/C25H35N3O2S/c1-21-7-6-10-24(19-21)28-17-15-27(16-18-28)14-5-4-13-26-31(29,30)25-12-11-22-8-2-3-9-23(22)20-25/h6-7,10-12,19-20,26H,2-5,8-9,13-18H2,1H3. The summed E-state index contributed by atoms with van der Waals surface area (Å²) >= 11 is 0. The Kier molecular flexibility index (Phi) is 7.31. The van der Waals surface area contributed by atoms with E-state index < -0.39 is 10.0 Å². The first-order chi connectivity index (χ1) is 15.0. The first-order valence-corrected chi connectivity index (χ1v) is 13.1. The zero-order valence-electron chi connectivity index (χ0n) is 18.6. The monoisotopic (exact) mass is 441 g/mol. The molecule has 1 heterocycles. The fourth-order valence-electron chi connectivity index (χ4n) is 4.68. The molecule has 168 valence electrons. The fraction of sp³-hybridized carbons (Fsp3) is 0.520. The summed E-state index contributed by atoms with van der Waals surface area (Å²) < 4.78 is 28.1. The molecular formula is C25H35N3O2S. The number of aryl methyl sites for hydroxylation is 3. The first kappa shape index (κ1) is 22.3. The van der Waals surface area contributed by atoms with Crippen LogP contribution in [0.1, 0.15) is 42.4 Å². The lowest BCUT2D eigenvalue weighted by atomic mass is 9.92. The molecule has 0 unspecified atom stereocenters. The third-order valence-corrected chi connectivity index (χ3v) is 8.02. The van der Waals surface area contributed by atoms with E-state index in [0.717, 1.165) is 64.8 Å². The van der Waals surface area contributed by atoms with E-state index in [9.17, 15) is 8.42 Å². The molecule has 6 heteroatoms. The fourth-order valence-corrected chi connectivity index (χ4v) is 5.81. The van der Waals surface area contributed by atoms with Crippen molar-refractivity contribution in [2.24, 2.45) is 0 Å². The van der Waals surface area contributed by atoms with Gasteiger partial charge < -0.3 is 4.90 Å². The molecule has 2 aromatic carbocycles. The van der Waals surface area contributed by atoms with Crippen LogP contribution >= 0.6 is 0 Å². The van der Waals surface area contributed by atoms with Gasteiger partial charge in [0, 0.05) is 38.4 Å². The number of nitrogens with zero attached hydrogens (tertiary/aromatic N) is 2. The molecule has 1 N–H and O–H groups in total. The van der Waals surface area contributed by atoms with E-state index in [2.05, 4.69) is 45.7 Å². The van der Waals surface area contributed by atoms with E-state index in [4.69, 9.17) is 0 Å². The number of fused-ring (bicyclic) bond motifs is 1. The maximum absolute atomic E-state index is 12.7. The molecule has 2 aliphatic rings. The van der Waals surface area contributed by atoms with Gasteiger partial charge in [-0.15, -0.1) is 0 Å². The van der Waals surface area contributed by atoms with Crippen molar-refractivity contribution in [3.63, 3.8) is 0 Å². The predicted octanol–water partition coefficient (Wildman–Crippen LogP) is 3.75. The van der Waals surface area contributed by atoms with E-state index in [1.165, 1.54) is 28.8 Å². The zero-order valence-corrected chi connectivity index (χ0v) is 19.5. The normalized spacial score (nSPS) is 17.5. The highest BCUT2D eigenvalue weighted by atomic mass is 32.2. The number of hydrogen-bond donors (Lipinski definition) is 1. The minimum atomic E-state index is -3.41. The lowest BCUT2D eigenvalue weighted by Crippen LogP contribution is -2.46. The maximum atomic E-state index is 12.7. The molecule has 0 aromatic heterocycles. The molecule has 0 radical (unpaired) electrons. The smallest absolute Gasteiger partial charge is 0.240 e. The van der Waals surface area contributed by atoms with Crippen molar-refractivity contribution in [3.8, 4) is 0 Å². The molecule has 4 rings (SSSR count). The number of benzene rings is 2. The zero-order chi connectivity index (χ0) is 21.7. The summed E-state index contributed by atoms with van der Waals surface area (Å²) in [5.41, 5.74) is 5.14. The van der Waals surface area contributed by atoms with Gasteiger partial charge >= 0.3 is 0 Å². The van der Waals surface area contributed by atoms with Crippen molar-refractivity contribution >= 4 is 15.7 Å². The number of piperazine rings is 1. The lowest BCUT2D eigenvalue weighted by molar-refractivity contribution is 0.253. The molecule has 2 aromatic rings. The van der Waals surface area contributed by atoms with Gasteiger partial charge in [-0.1, -0.05) is 18.2 Å². The summed E-state index contributed by atoms with van der Waals surface area (Å²) in [6.07, 6.45) is 6.30. The number of sulfonamides is 1. The Bertz CT molecular complexity index is 982. The van der Waals surface area contributed by atoms with Gasteiger partial charge in [0.25, 0.3) is 0 Å². The summed E-state index contributed by atoms with van der Waals surface area (Å²) in [5, 5.41) is 0. The Morgan fingerprint density at radius 3 is 2.45 bits per heavy atom. The molecule has 1 aliphatic heterocycles. The van der Waals surface area contributed by atoms with Crippen LogP contribution in [0.4, 0.5) is 5.69 Å². The van der Waals surface area contributed by atoms with E-state index in [0.29, 0.717) is 11.4 Å². The Hall–Kier alpha value is -1.89. The molecule has 0 amide bonds. The predicted molar refractivity (Wildman–Crippen MR) is 127 cm³/mol. The number of nitrogens with one attached hydrogen (secondary N) is 1. The molecule has 5 nitrogen and oxygen atoms in total. The quantitative estimate of drug-likeness (QED) is 0.634. The topological polar surface area (TPSA) is 52.6 Å². The third kappa shape index (κ3) is 5.88. The van der Waals surface area contributed by atoms with Gasteiger partial charge in [-0.25, -0.2) is 13.1 Å². The van der Waals surface area contributed by atoms with Crippen molar-refractivity contribution in [1.82, 2.24) is 9.62 Å². The maximum Gasteiger partial charge on any atom is 0.240 e. The average molecular weight is 442 g/mol. The van der Waals surface area contributed by atoms with Crippen LogP contribution in [0.5, 0.6) is 0 Å². The highest BCUT2D eigenvalue weighted by Crippen LogP contribution is 2.24. The van der Waals surface area contributed by atoms with E-state index in [-0.39, 0.29) is 0 Å². The second kappa shape index (κ2) is 10.2.